The molecule has 0 saturated carbocycles. The molecule has 0 aliphatic heterocycles. The molecule has 14 heavy (non-hydrogen) atoms. The molecule has 1 N–H and O–H groups in total. The fraction of sp³-hybridized carbons (Fsp3) is 0.455. The maximum absolute atomic E-state index is 11.5. The number of carbonyl (C=O) groups excluding carboxylic acids is 1. The first-order chi connectivity index (χ1) is 6.50. The lowest BCUT2D eigenvalue weighted by Gasteiger charge is -2.17. The molecule has 0 spiro atoms. The van der Waals surface area contributed by atoms with Crippen LogP contribution in [0, 0.1) is 5.41 Å². The van der Waals surface area contributed by atoms with Gasteiger partial charge in [-0.05, 0) is 12.1 Å². The van der Waals surface area contributed by atoms with E-state index in [4.69, 9.17) is 0 Å². The Morgan fingerprint density at radius 2 is 2.14 bits per heavy atom. The number of rotatable bonds is 2. The van der Waals surface area contributed by atoms with Crippen LogP contribution in [0.15, 0.2) is 24.4 Å². The molecule has 0 atom stereocenters. The Kier molecular flexibility index (Phi) is 3.23. The van der Waals surface area contributed by atoms with Gasteiger partial charge in [0.25, 0.3) is 0 Å². The largest absolute Gasteiger partial charge is 0.350 e. The fourth-order valence-electron chi connectivity index (χ4n) is 0.939. The number of aromatic nitrogens is 1. The number of hydrogen-bond donors (Lipinski definition) is 1. The first-order valence-electron chi connectivity index (χ1n) is 4.68. The maximum Gasteiger partial charge on any atom is 0.225 e. The second-order valence-corrected chi connectivity index (χ2v) is 4.25. The van der Waals surface area contributed by atoms with Gasteiger partial charge >= 0.3 is 0 Å². The molecule has 0 radical (unpaired) electrons. The summed E-state index contributed by atoms with van der Waals surface area (Å²) in [5.41, 5.74) is 0.541. The lowest BCUT2D eigenvalue weighted by Crippen LogP contribution is -2.34. The molecule has 0 aromatic carbocycles. The van der Waals surface area contributed by atoms with Gasteiger partial charge in [0.15, 0.2) is 0 Å². The zero-order chi connectivity index (χ0) is 10.6. The lowest BCUT2D eigenvalue weighted by atomic mass is 9.96. The molecule has 0 fully saturated rings. The van der Waals surface area contributed by atoms with Crippen molar-refractivity contribution in [1.82, 2.24) is 10.3 Å². The highest BCUT2D eigenvalue weighted by Gasteiger charge is 2.20. The number of amides is 1. The van der Waals surface area contributed by atoms with Gasteiger partial charge < -0.3 is 5.32 Å². The third-order valence-electron chi connectivity index (χ3n) is 1.84. The van der Waals surface area contributed by atoms with Crippen LogP contribution in [0.25, 0.3) is 0 Å². The zero-order valence-corrected chi connectivity index (χ0v) is 8.87. The predicted octanol–water partition coefficient (Wildman–Crippen LogP) is 1.74. The van der Waals surface area contributed by atoms with Crippen molar-refractivity contribution >= 4 is 5.91 Å². The standard InChI is InChI=1S/C11H16N2O/c1-11(2,3)10(14)13-8-9-6-4-5-7-12-9/h4-7H,8H2,1-3H3,(H,13,14). The molecule has 1 aromatic rings. The molecule has 0 aliphatic carbocycles. The molecule has 1 aromatic heterocycles. The Balaban J connectivity index is 2.46. The summed E-state index contributed by atoms with van der Waals surface area (Å²) in [6.45, 7) is 6.17. The summed E-state index contributed by atoms with van der Waals surface area (Å²) in [6, 6.07) is 5.66. The van der Waals surface area contributed by atoms with E-state index in [2.05, 4.69) is 10.3 Å². The van der Waals surface area contributed by atoms with Crippen molar-refractivity contribution < 1.29 is 4.79 Å². The lowest BCUT2D eigenvalue weighted by molar-refractivity contribution is -0.128. The van der Waals surface area contributed by atoms with E-state index < -0.39 is 0 Å². The Hall–Kier alpha value is -1.38. The van der Waals surface area contributed by atoms with Gasteiger partial charge in [0.1, 0.15) is 0 Å². The fourth-order valence-corrected chi connectivity index (χ4v) is 0.939. The number of nitrogens with zero attached hydrogens (tertiary/aromatic N) is 1. The van der Waals surface area contributed by atoms with E-state index in [1.807, 2.05) is 39.0 Å². The topological polar surface area (TPSA) is 42.0 Å². The number of nitrogens with one attached hydrogen (secondary N) is 1. The minimum Gasteiger partial charge on any atom is -0.350 e. The van der Waals surface area contributed by atoms with Crippen LogP contribution in [0.2, 0.25) is 0 Å². The zero-order valence-electron chi connectivity index (χ0n) is 8.87. The molecule has 1 heterocycles. The highest BCUT2D eigenvalue weighted by Crippen LogP contribution is 2.12. The molecule has 0 bridgehead atoms. The van der Waals surface area contributed by atoms with Crippen LogP contribution >= 0.6 is 0 Å². The van der Waals surface area contributed by atoms with E-state index in [0.29, 0.717) is 6.54 Å². The molecule has 3 heteroatoms. The quantitative estimate of drug-likeness (QED) is 0.775. The maximum atomic E-state index is 11.5. The Morgan fingerprint density at radius 1 is 1.43 bits per heavy atom. The smallest absolute Gasteiger partial charge is 0.225 e. The first kappa shape index (κ1) is 10.7. The van der Waals surface area contributed by atoms with Crippen LogP contribution in [0.5, 0.6) is 0 Å². The predicted molar refractivity (Wildman–Crippen MR) is 55.5 cm³/mol. The third kappa shape index (κ3) is 3.17. The van der Waals surface area contributed by atoms with Crippen molar-refractivity contribution in [3.8, 4) is 0 Å². The first-order valence-corrected chi connectivity index (χ1v) is 4.68. The van der Waals surface area contributed by atoms with Crippen LogP contribution in [0.3, 0.4) is 0 Å². The number of pyridine rings is 1. The van der Waals surface area contributed by atoms with Crippen molar-refractivity contribution in [1.29, 1.82) is 0 Å². The van der Waals surface area contributed by atoms with E-state index >= 15 is 0 Å². The van der Waals surface area contributed by atoms with E-state index in [0.717, 1.165) is 5.69 Å². The van der Waals surface area contributed by atoms with Gasteiger partial charge in [-0.2, -0.15) is 0 Å². The van der Waals surface area contributed by atoms with Gasteiger partial charge in [-0.25, -0.2) is 0 Å². The highest BCUT2D eigenvalue weighted by molar-refractivity contribution is 5.81. The minimum atomic E-state index is -0.339. The highest BCUT2D eigenvalue weighted by atomic mass is 16.2. The molecule has 0 unspecified atom stereocenters. The summed E-state index contributed by atoms with van der Waals surface area (Å²) in [5.74, 6) is 0.0446. The van der Waals surface area contributed by atoms with Gasteiger partial charge in [-0.1, -0.05) is 26.8 Å². The van der Waals surface area contributed by atoms with Crippen LogP contribution < -0.4 is 5.32 Å². The van der Waals surface area contributed by atoms with Gasteiger partial charge in [-0.3, -0.25) is 9.78 Å². The van der Waals surface area contributed by atoms with E-state index in [9.17, 15) is 4.79 Å². The average Bonchev–Trinajstić information content (AvgIpc) is 2.14. The third-order valence-corrected chi connectivity index (χ3v) is 1.84. The van der Waals surface area contributed by atoms with Crippen molar-refractivity contribution in [2.75, 3.05) is 0 Å². The monoisotopic (exact) mass is 192 g/mol. The SMILES string of the molecule is CC(C)(C)C(=O)NCc1ccccn1. The van der Waals surface area contributed by atoms with Crippen molar-refractivity contribution in [3.05, 3.63) is 30.1 Å². The van der Waals surface area contributed by atoms with E-state index in [1.54, 1.807) is 6.20 Å². The second kappa shape index (κ2) is 4.22. The average molecular weight is 192 g/mol. The van der Waals surface area contributed by atoms with Crippen LogP contribution in [0.4, 0.5) is 0 Å². The summed E-state index contributed by atoms with van der Waals surface area (Å²) in [5, 5.41) is 2.84. The van der Waals surface area contributed by atoms with Gasteiger partial charge in [0.2, 0.25) is 5.91 Å². The Labute approximate surface area is 84.6 Å². The van der Waals surface area contributed by atoms with Crippen LogP contribution in [-0.4, -0.2) is 10.9 Å². The summed E-state index contributed by atoms with van der Waals surface area (Å²) < 4.78 is 0. The van der Waals surface area contributed by atoms with Crippen molar-refractivity contribution in [3.63, 3.8) is 0 Å². The van der Waals surface area contributed by atoms with Gasteiger partial charge in [0.05, 0.1) is 12.2 Å². The minimum absolute atomic E-state index is 0.0446. The van der Waals surface area contributed by atoms with E-state index in [-0.39, 0.29) is 11.3 Å². The number of hydrogen-bond acceptors (Lipinski definition) is 2. The molecule has 76 valence electrons. The Bertz CT molecular complexity index is 301. The van der Waals surface area contributed by atoms with Gasteiger partial charge in [-0.15, -0.1) is 0 Å². The Morgan fingerprint density at radius 3 is 2.64 bits per heavy atom. The normalized spacial score (nSPS) is 11.1. The molecular formula is C11H16N2O. The van der Waals surface area contributed by atoms with Crippen LogP contribution in [0.1, 0.15) is 26.5 Å². The molecule has 0 saturated heterocycles. The van der Waals surface area contributed by atoms with Crippen molar-refractivity contribution in [2.24, 2.45) is 5.41 Å². The summed E-state index contributed by atoms with van der Waals surface area (Å²) >= 11 is 0. The summed E-state index contributed by atoms with van der Waals surface area (Å²) in [6.07, 6.45) is 1.72. The van der Waals surface area contributed by atoms with E-state index in [1.165, 1.54) is 0 Å². The van der Waals surface area contributed by atoms with Crippen LogP contribution in [-0.2, 0) is 11.3 Å². The summed E-state index contributed by atoms with van der Waals surface area (Å²) in [7, 11) is 0. The molecule has 0 aliphatic rings. The second-order valence-electron chi connectivity index (χ2n) is 4.25. The molecule has 1 rings (SSSR count). The van der Waals surface area contributed by atoms with Gasteiger partial charge in [0, 0.05) is 11.6 Å². The molecule has 1 amide bonds. The molecule has 3 nitrogen and oxygen atoms in total. The summed E-state index contributed by atoms with van der Waals surface area (Å²) in [4.78, 5) is 15.6. The number of carbonyl (C=O) groups is 1. The molecular weight excluding hydrogens is 176 g/mol. The van der Waals surface area contributed by atoms with Crippen molar-refractivity contribution in [2.45, 2.75) is 27.3 Å².